The lowest BCUT2D eigenvalue weighted by Gasteiger charge is -2.23. The number of aromatic nitrogens is 1. The molecule has 3 nitrogen and oxygen atoms in total. The minimum absolute atomic E-state index is 0.0872. The largest absolute Gasteiger partial charge is 0.462 e. The lowest BCUT2D eigenvalue weighted by Crippen LogP contribution is -2.36. The van der Waals surface area contributed by atoms with Gasteiger partial charge in [0.15, 0.2) is 10.8 Å². The van der Waals surface area contributed by atoms with Gasteiger partial charge in [0.2, 0.25) is 0 Å². The van der Waals surface area contributed by atoms with Gasteiger partial charge in [-0.15, -0.1) is 11.3 Å². The summed E-state index contributed by atoms with van der Waals surface area (Å²) in [6.45, 7) is 7.30. The Bertz CT molecular complexity index is 445. The fourth-order valence-electron chi connectivity index (χ4n) is 1.61. The fourth-order valence-corrected chi connectivity index (χ4v) is 2.56. The van der Waals surface area contributed by atoms with Crippen molar-refractivity contribution in [3.8, 4) is 10.8 Å². The van der Waals surface area contributed by atoms with Crippen LogP contribution in [0.25, 0.3) is 10.8 Å². The van der Waals surface area contributed by atoms with Crippen LogP contribution < -0.4 is 5.32 Å². The zero-order chi connectivity index (χ0) is 11.6. The van der Waals surface area contributed by atoms with Crippen LogP contribution in [-0.2, 0) is 5.54 Å². The Morgan fingerprint density at radius 2 is 2.31 bits per heavy atom. The van der Waals surface area contributed by atoms with Crippen molar-refractivity contribution < 1.29 is 4.42 Å². The first-order chi connectivity index (χ1) is 7.63. The topological polar surface area (TPSA) is 38.1 Å². The Labute approximate surface area is 99.5 Å². The third-order valence-corrected chi connectivity index (χ3v) is 3.35. The Morgan fingerprint density at radius 3 is 2.94 bits per heavy atom. The summed E-state index contributed by atoms with van der Waals surface area (Å²) >= 11 is 1.62. The first-order valence-electron chi connectivity index (χ1n) is 5.38. The normalized spacial score (nSPS) is 11.9. The molecular formula is C12H16N2OS. The second kappa shape index (κ2) is 4.39. The van der Waals surface area contributed by atoms with Crippen LogP contribution in [0.3, 0.4) is 0 Å². The molecule has 0 aliphatic heterocycles. The molecule has 0 fully saturated rings. The third kappa shape index (κ3) is 2.18. The molecule has 2 heterocycles. The third-order valence-electron chi connectivity index (χ3n) is 2.50. The minimum atomic E-state index is -0.0872. The van der Waals surface area contributed by atoms with Crippen molar-refractivity contribution in [1.82, 2.24) is 10.3 Å². The van der Waals surface area contributed by atoms with E-state index in [9.17, 15) is 0 Å². The number of rotatable bonds is 4. The number of nitrogens with zero attached hydrogens (tertiary/aromatic N) is 1. The SMILES string of the molecule is CCNC(C)(C)c1csc(-c2ccco2)n1. The smallest absolute Gasteiger partial charge is 0.162 e. The molecule has 2 aromatic rings. The monoisotopic (exact) mass is 236 g/mol. The number of hydrogen-bond acceptors (Lipinski definition) is 4. The van der Waals surface area contributed by atoms with E-state index in [1.165, 1.54) is 0 Å². The van der Waals surface area contributed by atoms with Gasteiger partial charge in [0.1, 0.15) is 0 Å². The van der Waals surface area contributed by atoms with E-state index in [1.54, 1.807) is 17.6 Å². The second-order valence-corrected chi connectivity index (χ2v) is 5.03. The highest BCUT2D eigenvalue weighted by Crippen LogP contribution is 2.28. The molecule has 0 radical (unpaired) electrons. The summed E-state index contributed by atoms with van der Waals surface area (Å²) in [5.74, 6) is 0.837. The van der Waals surface area contributed by atoms with Crippen LogP contribution >= 0.6 is 11.3 Å². The molecule has 0 bridgehead atoms. The van der Waals surface area contributed by atoms with Gasteiger partial charge in [-0.05, 0) is 32.5 Å². The Hall–Kier alpha value is -1.13. The molecule has 0 saturated heterocycles. The van der Waals surface area contributed by atoms with E-state index in [0.29, 0.717) is 0 Å². The molecule has 1 N–H and O–H groups in total. The molecule has 0 aromatic carbocycles. The quantitative estimate of drug-likeness (QED) is 0.885. The molecule has 16 heavy (non-hydrogen) atoms. The number of nitrogens with one attached hydrogen (secondary N) is 1. The lowest BCUT2D eigenvalue weighted by molar-refractivity contribution is 0.406. The summed E-state index contributed by atoms with van der Waals surface area (Å²) in [5.41, 5.74) is 0.974. The van der Waals surface area contributed by atoms with Crippen molar-refractivity contribution in [1.29, 1.82) is 0 Å². The molecule has 0 atom stereocenters. The van der Waals surface area contributed by atoms with E-state index in [4.69, 9.17) is 4.42 Å². The second-order valence-electron chi connectivity index (χ2n) is 4.17. The van der Waals surface area contributed by atoms with Gasteiger partial charge in [-0.1, -0.05) is 6.92 Å². The number of furan rings is 1. The Balaban J connectivity index is 2.26. The van der Waals surface area contributed by atoms with E-state index in [0.717, 1.165) is 23.0 Å². The van der Waals surface area contributed by atoms with Gasteiger partial charge in [-0.25, -0.2) is 4.98 Å². The molecule has 86 valence electrons. The average molecular weight is 236 g/mol. The highest BCUT2D eigenvalue weighted by Gasteiger charge is 2.22. The highest BCUT2D eigenvalue weighted by molar-refractivity contribution is 7.13. The van der Waals surface area contributed by atoms with Crippen molar-refractivity contribution in [3.63, 3.8) is 0 Å². The van der Waals surface area contributed by atoms with E-state index in [1.807, 2.05) is 12.1 Å². The van der Waals surface area contributed by atoms with E-state index in [-0.39, 0.29) is 5.54 Å². The summed E-state index contributed by atoms with van der Waals surface area (Å²) in [5, 5.41) is 6.43. The summed E-state index contributed by atoms with van der Waals surface area (Å²) in [6, 6.07) is 3.81. The van der Waals surface area contributed by atoms with Crippen LogP contribution in [0.5, 0.6) is 0 Å². The molecule has 0 saturated carbocycles. The van der Waals surface area contributed by atoms with Gasteiger partial charge in [-0.3, -0.25) is 0 Å². The number of thiazole rings is 1. The standard InChI is InChI=1S/C12H16N2OS/c1-4-13-12(2,3)10-8-16-11(14-10)9-6-5-7-15-9/h5-8,13H,4H2,1-3H3. The van der Waals surface area contributed by atoms with E-state index in [2.05, 4.69) is 36.5 Å². The molecule has 0 aliphatic carbocycles. The maximum Gasteiger partial charge on any atom is 0.162 e. The van der Waals surface area contributed by atoms with Crippen LogP contribution in [0.1, 0.15) is 26.5 Å². The molecule has 4 heteroatoms. The van der Waals surface area contributed by atoms with Crippen LogP contribution in [-0.4, -0.2) is 11.5 Å². The van der Waals surface area contributed by atoms with Crippen LogP contribution in [0.15, 0.2) is 28.2 Å². The number of hydrogen-bond donors (Lipinski definition) is 1. The van der Waals surface area contributed by atoms with Crippen molar-refractivity contribution in [2.75, 3.05) is 6.54 Å². The van der Waals surface area contributed by atoms with Gasteiger partial charge >= 0.3 is 0 Å². The summed E-state index contributed by atoms with van der Waals surface area (Å²) in [7, 11) is 0. The summed E-state index contributed by atoms with van der Waals surface area (Å²) in [6.07, 6.45) is 1.67. The summed E-state index contributed by atoms with van der Waals surface area (Å²) < 4.78 is 5.33. The van der Waals surface area contributed by atoms with Gasteiger partial charge in [0, 0.05) is 5.38 Å². The molecular weight excluding hydrogens is 220 g/mol. The van der Waals surface area contributed by atoms with Crippen molar-refractivity contribution in [3.05, 3.63) is 29.5 Å². The predicted molar refractivity (Wildman–Crippen MR) is 66.5 cm³/mol. The molecule has 0 amide bonds. The zero-order valence-corrected chi connectivity index (χ0v) is 10.6. The zero-order valence-electron chi connectivity index (χ0n) is 9.78. The van der Waals surface area contributed by atoms with E-state index >= 15 is 0 Å². The van der Waals surface area contributed by atoms with Gasteiger partial charge < -0.3 is 9.73 Å². The van der Waals surface area contributed by atoms with Crippen molar-refractivity contribution >= 4 is 11.3 Å². The average Bonchev–Trinajstić information content (AvgIpc) is 2.89. The first-order valence-corrected chi connectivity index (χ1v) is 6.26. The van der Waals surface area contributed by atoms with Gasteiger partial charge in [-0.2, -0.15) is 0 Å². The lowest BCUT2D eigenvalue weighted by atomic mass is 10.0. The summed E-state index contributed by atoms with van der Waals surface area (Å²) in [4.78, 5) is 4.61. The maximum atomic E-state index is 5.33. The van der Waals surface area contributed by atoms with Crippen molar-refractivity contribution in [2.45, 2.75) is 26.3 Å². The van der Waals surface area contributed by atoms with Crippen LogP contribution in [0, 0.1) is 0 Å². The Kier molecular flexibility index (Phi) is 3.12. The van der Waals surface area contributed by atoms with Crippen LogP contribution in [0.2, 0.25) is 0 Å². The van der Waals surface area contributed by atoms with Crippen molar-refractivity contribution in [2.24, 2.45) is 0 Å². The predicted octanol–water partition coefficient (Wildman–Crippen LogP) is 3.25. The van der Waals surface area contributed by atoms with Crippen LogP contribution in [0.4, 0.5) is 0 Å². The molecule has 2 aromatic heterocycles. The van der Waals surface area contributed by atoms with Gasteiger partial charge in [0.25, 0.3) is 0 Å². The molecule has 0 spiro atoms. The highest BCUT2D eigenvalue weighted by atomic mass is 32.1. The molecule has 0 aliphatic rings. The Morgan fingerprint density at radius 1 is 1.50 bits per heavy atom. The fraction of sp³-hybridized carbons (Fsp3) is 0.417. The minimum Gasteiger partial charge on any atom is -0.462 e. The molecule has 2 rings (SSSR count). The molecule has 0 unspecified atom stereocenters. The van der Waals surface area contributed by atoms with E-state index < -0.39 is 0 Å². The first kappa shape index (κ1) is 11.4. The maximum absolute atomic E-state index is 5.33. The van der Waals surface area contributed by atoms with Gasteiger partial charge in [0.05, 0.1) is 17.5 Å².